The summed E-state index contributed by atoms with van der Waals surface area (Å²) in [4.78, 5) is 14.3. The first kappa shape index (κ1) is 17.3. The summed E-state index contributed by atoms with van der Waals surface area (Å²) in [6.45, 7) is 0. The molecule has 1 atom stereocenters. The lowest BCUT2D eigenvalue weighted by molar-refractivity contribution is -0.250. The van der Waals surface area contributed by atoms with Crippen LogP contribution in [0, 0.1) is 0 Å². The summed E-state index contributed by atoms with van der Waals surface area (Å²) in [5.41, 5.74) is 0. The number of hydrogen-bond acceptors (Lipinski definition) is 7. The van der Waals surface area contributed by atoms with Gasteiger partial charge >= 0.3 is 10.4 Å². The molecule has 0 aliphatic carbocycles. The molecule has 0 aliphatic rings. The number of hydrogen-bond donors (Lipinski definition) is 0. The van der Waals surface area contributed by atoms with Gasteiger partial charge in [0.1, 0.15) is 0 Å². The van der Waals surface area contributed by atoms with Crippen LogP contribution >= 0.6 is 0 Å². The van der Waals surface area contributed by atoms with E-state index in [1.165, 1.54) is 31.0 Å². The lowest BCUT2D eigenvalue weighted by Gasteiger charge is -2.36. The average molecular weight is 284 g/mol. The molecule has 0 rings (SSSR count). The number of ether oxygens (including phenoxy) is 1. The molecule has 0 radical (unpaired) electrons. The van der Waals surface area contributed by atoms with Crippen molar-refractivity contribution in [2.45, 2.75) is 12.3 Å². The highest BCUT2D eigenvalue weighted by Gasteiger charge is 2.42. The van der Waals surface area contributed by atoms with Crippen LogP contribution < -0.4 is 0 Å². The molecular weight excluding hydrogens is 264 g/mol. The van der Waals surface area contributed by atoms with E-state index in [4.69, 9.17) is 8.92 Å². The van der Waals surface area contributed by atoms with Crippen molar-refractivity contribution in [1.82, 2.24) is 9.80 Å². The van der Waals surface area contributed by atoms with Gasteiger partial charge in [0.25, 0.3) is 5.91 Å². The van der Waals surface area contributed by atoms with Crippen LogP contribution in [0.5, 0.6) is 0 Å². The van der Waals surface area contributed by atoms with Crippen molar-refractivity contribution in [2.24, 2.45) is 0 Å². The number of rotatable bonds is 7. The van der Waals surface area contributed by atoms with Crippen LogP contribution in [0.25, 0.3) is 0 Å². The van der Waals surface area contributed by atoms with Gasteiger partial charge in [0, 0.05) is 21.2 Å². The fraction of sp³-hybridized carbons (Fsp3) is 0.889. The first-order valence-electron chi connectivity index (χ1n) is 5.04. The Hall–Kier alpha value is -0.740. The van der Waals surface area contributed by atoms with Gasteiger partial charge < -0.3 is 9.64 Å². The highest BCUT2D eigenvalue weighted by atomic mass is 32.3. The van der Waals surface area contributed by atoms with Crippen molar-refractivity contribution in [2.75, 3.05) is 42.4 Å². The minimum absolute atomic E-state index is 0.300. The van der Waals surface area contributed by atoms with Gasteiger partial charge in [0.2, 0.25) is 5.91 Å². The van der Waals surface area contributed by atoms with E-state index in [-0.39, 0.29) is 12.3 Å². The largest absolute Gasteiger partial charge is 0.403 e. The van der Waals surface area contributed by atoms with Gasteiger partial charge in [0.15, 0.2) is 0 Å². The molecule has 0 saturated carbocycles. The van der Waals surface area contributed by atoms with Crippen molar-refractivity contribution in [3.8, 4) is 0 Å². The average Bonchev–Trinajstić information content (AvgIpc) is 2.27. The van der Waals surface area contributed by atoms with E-state index >= 15 is 0 Å². The molecular formula is C9H20N2O6S. The van der Waals surface area contributed by atoms with Crippen LogP contribution in [-0.2, 0) is 28.3 Å². The van der Waals surface area contributed by atoms with Crippen LogP contribution in [0.3, 0.4) is 0 Å². The zero-order chi connectivity index (χ0) is 14.6. The quantitative estimate of drug-likeness (QED) is 0.568. The lowest BCUT2D eigenvalue weighted by Crippen LogP contribution is -2.52. The smallest absolute Gasteiger partial charge is 0.349 e. The van der Waals surface area contributed by atoms with Gasteiger partial charge in [-0.25, -0.2) is 0 Å². The van der Waals surface area contributed by atoms with Crippen molar-refractivity contribution < 1.29 is 26.3 Å². The molecule has 0 heterocycles. The Labute approximate surface area is 108 Å². The molecule has 8 nitrogen and oxygen atoms in total. The molecule has 0 aromatic carbocycles. The first-order valence-corrected chi connectivity index (χ1v) is 6.37. The van der Waals surface area contributed by atoms with Gasteiger partial charge in [-0.2, -0.15) is 12.6 Å². The number of carbonyl (C=O) groups excluding carboxylic acids is 1. The van der Waals surface area contributed by atoms with Crippen molar-refractivity contribution in [3.63, 3.8) is 0 Å². The Morgan fingerprint density at radius 2 is 1.67 bits per heavy atom. The van der Waals surface area contributed by atoms with E-state index in [0.29, 0.717) is 0 Å². The monoisotopic (exact) mass is 284 g/mol. The van der Waals surface area contributed by atoms with E-state index in [9.17, 15) is 13.2 Å². The van der Waals surface area contributed by atoms with E-state index in [1.54, 1.807) is 14.1 Å². The van der Waals surface area contributed by atoms with E-state index in [0.717, 1.165) is 7.11 Å². The van der Waals surface area contributed by atoms with Crippen LogP contribution in [0.1, 0.15) is 6.42 Å². The third-order valence-corrected chi connectivity index (χ3v) is 3.18. The van der Waals surface area contributed by atoms with Crippen LogP contribution in [-0.4, -0.2) is 72.4 Å². The Morgan fingerprint density at radius 1 is 1.17 bits per heavy atom. The molecule has 0 aromatic heterocycles. The van der Waals surface area contributed by atoms with E-state index in [2.05, 4.69) is 4.18 Å². The third-order valence-electron chi connectivity index (χ3n) is 2.31. The second-order valence-corrected chi connectivity index (χ2v) is 5.25. The highest BCUT2D eigenvalue weighted by Crippen LogP contribution is 2.24. The zero-order valence-electron chi connectivity index (χ0n) is 11.5. The molecule has 0 N–H and O–H groups in total. The molecule has 18 heavy (non-hydrogen) atoms. The fourth-order valence-electron chi connectivity index (χ4n) is 1.09. The van der Waals surface area contributed by atoms with Crippen LogP contribution in [0.15, 0.2) is 0 Å². The lowest BCUT2D eigenvalue weighted by atomic mass is 10.3. The minimum Gasteiger partial charge on any atom is -0.349 e. The maximum absolute atomic E-state index is 11.7. The summed E-state index contributed by atoms with van der Waals surface area (Å²) in [5.74, 6) is -2.09. The zero-order valence-corrected chi connectivity index (χ0v) is 12.3. The second-order valence-electron chi connectivity index (χ2n) is 3.93. The van der Waals surface area contributed by atoms with Crippen LogP contribution in [0.4, 0.5) is 0 Å². The molecule has 108 valence electrons. The Bertz CT molecular complexity index is 381. The predicted molar refractivity (Wildman–Crippen MR) is 63.8 cm³/mol. The third kappa shape index (κ3) is 4.50. The summed E-state index contributed by atoms with van der Waals surface area (Å²) in [5, 5.41) is 0. The summed E-state index contributed by atoms with van der Waals surface area (Å²) >= 11 is 0. The standard InChI is InChI=1S/C9H20N2O6S/c1-10(2)8(12)7-9(15-5,11(3)4)17-18(13,14)16-6/h7H2,1-6H3. The molecule has 0 aliphatic heterocycles. The maximum Gasteiger partial charge on any atom is 0.403 e. The summed E-state index contributed by atoms with van der Waals surface area (Å²) in [6.07, 6.45) is -0.300. The predicted octanol–water partition coefficient (Wildman–Crippen LogP) is -0.766. The molecule has 0 bridgehead atoms. The number of nitrogens with zero attached hydrogens (tertiary/aromatic N) is 2. The minimum atomic E-state index is -4.24. The molecule has 1 amide bonds. The molecule has 0 aromatic rings. The van der Waals surface area contributed by atoms with E-state index in [1.807, 2.05) is 0 Å². The van der Waals surface area contributed by atoms with Crippen molar-refractivity contribution >= 4 is 16.3 Å². The van der Waals surface area contributed by atoms with Gasteiger partial charge in [-0.15, -0.1) is 0 Å². The van der Waals surface area contributed by atoms with Gasteiger partial charge in [-0.05, 0) is 14.1 Å². The van der Waals surface area contributed by atoms with Gasteiger partial charge in [0.05, 0.1) is 13.5 Å². The fourth-order valence-corrected chi connectivity index (χ4v) is 1.76. The molecule has 1 unspecified atom stereocenters. The number of carbonyl (C=O) groups is 1. The number of methoxy groups -OCH3 is 1. The Morgan fingerprint density at radius 3 is 1.94 bits per heavy atom. The molecule has 0 spiro atoms. The van der Waals surface area contributed by atoms with Gasteiger partial charge in [-0.3, -0.25) is 13.9 Å². The molecule has 0 saturated heterocycles. The van der Waals surface area contributed by atoms with Gasteiger partial charge in [-0.1, -0.05) is 0 Å². The first-order chi connectivity index (χ1) is 8.10. The maximum atomic E-state index is 11.7. The second kappa shape index (κ2) is 6.43. The summed E-state index contributed by atoms with van der Waals surface area (Å²) < 4.78 is 36.8. The molecule has 0 fully saturated rings. The SMILES string of the molecule is COC(CC(=O)N(C)C)(OS(=O)(=O)OC)N(C)C. The van der Waals surface area contributed by atoms with Crippen molar-refractivity contribution in [3.05, 3.63) is 0 Å². The number of amides is 1. The topological polar surface area (TPSA) is 85.4 Å². The Balaban J connectivity index is 5.24. The highest BCUT2D eigenvalue weighted by molar-refractivity contribution is 7.81. The van der Waals surface area contributed by atoms with E-state index < -0.39 is 16.3 Å². The summed E-state index contributed by atoms with van der Waals surface area (Å²) in [7, 11) is 4.10. The van der Waals surface area contributed by atoms with Crippen LogP contribution in [0.2, 0.25) is 0 Å². The summed E-state index contributed by atoms with van der Waals surface area (Å²) in [6, 6.07) is 0. The molecule has 9 heteroatoms. The normalized spacial score (nSPS) is 15.5. The van der Waals surface area contributed by atoms with Crippen molar-refractivity contribution in [1.29, 1.82) is 0 Å². The Kier molecular flexibility index (Phi) is 6.17.